The van der Waals surface area contributed by atoms with Gasteiger partial charge in [-0.2, -0.15) is 5.10 Å². The topological polar surface area (TPSA) is 30.7 Å². The average Bonchev–Trinajstić information content (AvgIpc) is 2.80. The molecule has 78 valence electrons. The van der Waals surface area contributed by atoms with Gasteiger partial charge in [-0.05, 0) is 12.0 Å². The Morgan fingerprint density at radius 2 is 2.07 bits per heavy atom. The predicted octanol–water partition coefficient (Wildman–Crippen LogP) is 2.67. The minimum Gasteiger partial charge on any atom is -0.245 e. The fourth-order valence-corrected chi connectivity index (χ4v) is 1.78. The van der Waals surface area contributed by atoms with Gasteiger partial charge in [0, 0.05) is 0 Å². The molecule has 2 rings (SSSR count). The lowest BCUT2D eigenvalue weighted by atomic mass is 10.0. The average molecular weight is 201 g/mol. The standard InChI is InChI=1S/C12H15N3/c1-2-6-12(15-10-13-9-14-15)11-7-4-3-5-8-11/h3-5,7-10,12H,2,6H2,1H3. The molecule has 0 bridgehead atoms. The maximum atomic E-state index is 4.22. The van der Waals surface area contributed by atoms with E-state index in [1.54, 1.807) is 12.7 Å². The van der Waals surface area contributed by atoms with E-state index in [0.29, 0.717) is 6.04 Å². The Hall–Kier alpha value is -1.64. The Kier molecular flexibility index (Phi) is 3.12. The quantitative estimate of drug-likeness (QED) is 0.761. The third-order valence-electron chi connectivity index (χ3n) is 2.50. The Labute approximate surface area is 89.8 Å². The highest BCUT2D eigenvalue weighted by Gasteiger charge is 2.12. The summed E-state index contributed by atoms with van der Waals surface area (Å²) < 4.78 is 1.93. The summed E-state index contributed by atoms with van der Waals surface area (Å²) in [7, 11) is 0. The van der Waals surface area contributed by atoms with Crippen LogP contribution in [0.1, 0.15) is 31.4 Å². The van der Waals surface area contributed by atoms with Crippen molar-refractivity contribution in [2.75, 3.05) is 0 Å². The molecule has 1 aromatic carbocycles. The zero-order valence-electron chi connectivity index (χ0n) is 8.87. The molecule has 1 heterocycles. The Balaban J connectivity index is 2.28. The van der Waals surface area contributed by atoms with E-state index < -0.39 is 0 Å². The van der Waals surface area contributed by atoms with Crippen LogP contribution in [0.4, 0.5) is 0 Å². The van der Waals surface area contributed by atoms with Crippen molar-refractivity contribution in [1.29, 1.82) is 0 Å². The molecular weight excluding hydrogens is 186 g/mol. The van der Waals surface area contributed by atoms with E-state index in [0.717, 1.165) is 12.8 Å². The predicted molar refractivity (Wildman–Crippen MR) is 59.5 cm³/mol. The maximum Gasteiger partial charge on any atom is 0.137 e. The third-order valence-corrected chi connectivity index (χ3v) is 2.50. The smallest absolute Gasteiger partial charge is 0.137 e. The maximum absolute atomic E-state index is 4.22. The van der Waals surface area contributed by atoms with Gasteiger partial charge in [-0.3, -0.25) is 0 Å². The fourth-order valence-electron chi connectivity index (χ4n) is 1.78. The van der Waals surface area contributed by atoms with Crippen LogP contribution in [0.5, 0.6) is 0 Å². The molecule has 1 aromatic heterocycles. The monoisotopic (exact) mass is 201 g/mol. The molecule has 3 nitrogen and oxygen atoms in total. The largest absolute Gasteiger partial charge is 0.245 e. The Morgan fingerprint density at radius 1 is 1.27 bits per heavy atom. The van der Waals surface area contributed by atoms with Crippen LogP contribution in [0.25, 0.3) is 0 Å². The van der Waals surface area contributed by atoms with E-state index in [4.69, 9.17) is 0 Å². The molecule has 1 atom stereocenters. The van der Waals surface area contributed by atoms with Crippen molar-refractivity contribution in [2.45, 2.75) is 25.8 Å². The second kappa shape index (κ2) is 4.73. The van der Waals surface area contributed by atoms with Gasteiger partial charge in [0.05, 0.1) is 6.04 Å². The first-order valence-electron chi connectivity index (χ1n) is 5.31. The summed E-state index contributed by atoms with van der Waals surface area (Å²) in [5.74, 6) is 0. The van der Waals surface area contributed by atoms with Gasteiger partial charge < -0.3 is 0 Å². The lowest BCUT2D eigenvalue weighted by Gasteiger charge is -2.16. The number of nitrogens with zero attached hydrogens (tertiary/aromatic N) is 3. The van der Waals surface area contributed by atoms with Crippen LogP contribution >= 0.6 is 0 Å². The summed E-state index contributed by atoms with van der Waals surface area (Å²) in [6.45, 7) is 2.19. The van der Waals surface area contributed by atoms with Crippen LogP contribution < -0.4 is 0 Å². The fraction of sp³-hybridized carbons (Fsp3) is 0.333. The first kappa shape index (κ1) is 9.90. The van der Waals surface area contributed by atoms with Crippen molar-refractivity contribution in [3.8, 4) is 0 Å². The van der Waals surface area contributed by atoms with Gasteiger partial charge in [0.1, 0.15) is 12.7 Å². The van der Waals surface area contributed by atoms with Crippen LogP contribution in [0, 0.1) is 0 Å². The minimum absolute atomic E-state index is 0.318. The summed E-state index contributed by atoms with van der Waals surface area (Å²) >= 11 is 0. The lowest BCUT2D eigenvalue weighted by molar-refractivity contribution is 0.483. The molecule has 0 saturated carbocycles. The highest BCUT2D eigenvalue weighted by molar-refractivity contribution is 5.19. The van der Waals surface area contributed by atoms with Crippen molar-refractivity contribution in [1.82, 2.24) is 14.8 Å². The molecule has 0 radical (unpaired) electrons. The molecule has 0 amide bonds. The molecule has 0 aliphatic heterocycles. The normalized spacial score (nSPS) is 12.6. The van der Waals surface area contributed by atoms with Crippen LogP contribution in [0.15, 0.2) is 43.0 Å². The van der Waals surface area contributed by atoms with Crippen molar-refractivity contribution in [3.05, 3.63) is 48.5 Å². The number of hydrogen-bond acceptors (Lipinski definition) is 2. The van der Waals surface area contributed by atoms with E-state index in [-0.39, 0.29) is 0 Å². The van der Waals surface area contributed by atoms with Crippen molar-refractivity contribution in [2.24, 2.45) is 0 Å². The first-order valence-corrected chi connectivity index (χ1v) is 5.31. The number of aromatic nitrogens is 3. The molecule has 0 fully saturated rings. The molecule has 1 unspecified atom stereocenters. The molecule has 0 N–H and O–H groups in total. The van der Waals surface area contributed by atoms with Crippen LogP contribution in [-0.2, 0) is 0 Å². The van der Waals surface area contributed by atoms with Crippen molar-refractivity contribution in [3.63, 3.8) is 0 Å². The van der Waals surface area contributed by atoms with E-state index in [9.17, 15) is 0 Å². The first-order chi connectivity index (χ1) is 7.42. The molecule has 3 heteroatoms. The zero-order valence-corrected chi connectivity index (χ0v) is 8.87. The highest BCUT2D eigenvalue weighted by atomic mass is 15.3. The highest BCUT2D eigenvalue weighted by Crippen LogP contribution is 2.21. The van der Waals surface area contributed by atoms with E-state index in [1.165, 1.54) is 5.56 Å². The van der Waals surface area contributed by atoms with Gasteiger partial charge >= 0.3 is 0 Å². The lowest BCUT2D eigenvalue weighted by Crippen LogP contribution is -2.10. The van der Waals surface area contributed by atoms with Gasteiger partial charge in [-0.25, -0.2) is 9.67 Å². The second-order valence-corrected chi connectivity index (χ2v) is 3.59. The van der Waals surface area contributed by atoms with Gasteiger partial charge in [-0.1, -0.05) is 43.7 Å². The Bertz CT molecular complexity index is 381. The molecule has 0 aliphatic rings. The van der Waals surface area contributed by atoms with Crippen LogP contribution in [-0.4, -0.2) is 14.8 Å². The summed E-state index contributed by atoms with van der Waals surface area (Å²) in [5, 5.41) is 4.22. The summed E-state index contributed by atoms with van der Waals surface area (Å²) in [5.41, 5.74) is 1.30. The van der Waals surface area contributed by atoms with Crippen molar-refractivity contribution < 1.29 is 0 Å². The number of hydrogen-bond donors (Lipinski definition) is 0. The molecular formula is C12H15N3. The second-order valence-electron chi connectivity index (χ2n) is 3.59. The van der Waals surface area contributed by atoms with Gasteiger partial charge in [0.2, 0.25) is 0 Å². The zero-order chi connectivity index (χ0) is 10.5. The summed E-state index contributed by atoms with van der Waals surface area (Å²) in [4.78, 5) is 4.00. The molecule has 0 saturated heterocycles. The van der Waals surface area contributed by atoms with E-state index in [2.05, 4.69) is 41.3 Å². The van der Waals surface area contributed by atoms with E-state index in [1.807, 2.05) is 10.7 Å². The molecule has 0 spiro atoms. The summed E-state index contributed by atoms with van der Waals surface area (Å²) in [6.07, 6.45) is 5.60. The van der Waals surface area contributed by atoms with Gasteiger partial charge in [-0.15, -0.1) is 0 Å². The Morgan fingerprint density at radius 3 is 2.67 bits per heavy atom. The molecule has 2 aromatic rings. The summed E-state index contributed by atoms with van der Waals surface area (Å²) in [6, 6.07) is 10.8. The number of benzene rings is 1. The third kappa shape index (κ3) is 2.24. The van der Waals surface area contributed by atoms with E-state index >= 15 is 0 Å². The van der Waals surface area contributed by atoms with Crippen LogP contribution in [0.3, 0.4) is 0 Å². The van der Waals surface area contributed by atoms with Gasteiger partial charge in [0.25, 0.3) is 0 Å². The van der Waals surface area contributed by atoms with Crippen molar-refractivity contribution >= 4 is 0 Å². The molecule has 15 heavy (non-hydrogen) atoms. The van der Waals surface area contributed by atoms with Gasteiger partial charge in [0.15, 0.2) is 0 Å². The molecule has 0 aliphatic carbocycles. The SMILES string of the molecule is CCCC(c1ccccc1)n1cncn1. The number of rotatable bonds is 4. The van der Waals surface area contributed by atoms with Crippen LogP contribution in [0.2, 0.25) is 0 Å². The minimum atomic E-state index is 0.318.